The molecule has 2 heterocycles. The third kappa shape index (κ3) is 3.72. The van der Waals surface area contributed by atoms with Gasteiger partial charge in [0.05, 0.1) is 12.6 Å². The van der Waals surface area contributed by atoms with Crippen molar-refractivity contribution in [1.29, 1.82) is 0 Å². The van der Waals surface area contributed by atoms with Crippen molar-refractivity contribution < 1.29 is 9.18 Å². The summed E-state index contributed by atoms with van der Waals surface area (Å²) < 4.78 is 13.5. The summed E-state index contributed by atoms with van der Waals surface area (Å²) in [6.07, 6.45) is 1.78. The molecule has 1 N–H and O–H groups in total. The Hall–Kier alpha value is -2.02. The van der Waals surface area contributed by atoms with Gasteiger partial charge in [-0.15, -0.1) is 10.2 Å². The fourth-order valence-electron chi connectivity index (χ4n) is 2.89. The third-order valence-corrected chi connectivity index (χ3v) is 5.34. The quantitative estimate of drug-likeness (QED) is 0.913. The molecule has 2 amide bonds. The highest BCUT2D eigenvalue weighted by molar-refractivity contribution is 7.11. The molecule has 0 spiro atoms. The van der Waals surface area contributed by atoms with E-state index in [9.17, 15) is 9.18 Å². The molecule has 0 saturated carbocycles. The predicted molar refractivity (Wildman–Crippen MR) is 91.3 cm³/mol. The highest BCUT2D eigenvalue weighted by atomic mass is 32.1. The van der Waals surface area contributed by atoms with Gasteiger partial charge in [0.15, 0.2) is 0 Å². The molecule has 0 aliphatic carbocycles. The molecule has 0 bridgehead atoms. The van der Waals surface area contributed by atoms with Crippen molar-refractivity contribution >= 4 is 17.4 Å². The molecule has 128 valence electrons. The molecule has 1 fully saturated rings. The molecule has 1 aromatic carbocycles. The summed E-state index contributed by atoms with van der Waals surface area (Å²) in [5, 5.41) is 12.9. The van der Waals surface area contributed by atoms with E-state index in [1.807, 2.05) is 6.07 Å². The molecule has 1 aliphatic rings. The van der Waals surface area contributed by atoms with Crippen molar-refractivity contribution in [3.63, 3.8) is 0 Å². The standard InChI is InChI=1S/C17H21FN4OS/c1-11(2)16-21-20-15(24-16)10-19-17(23)22-8-4-7-14(22)12-5-3-6-13(18)9-12/h3,5-6,9,11,14H,4,7-8,10H2,1-2H3,(H,19,23)/t14-/m0/s1. The topological polar surface area (TPSA) is 58.1 Å². The molecule has 0 radical (unpaired) electrons. The molecule has 24 heavy (non-hydrogen) atoms. The number of halogens is 1. The Kier molecular flexibility index (Phi) is 5.08. The van der Waals surface area contributed by atoms with Gasteiger partial charge in [0.1, 0.15) is 15.8 Å². The Morgan fingerprint density at radius 2 is 2.29 bits per heavy atom. The minimum Gasteiger partial charge on any atom is -0.331 e. The van der Waals surface area contributed by atoms with Crippen molar-refractivity contribution in [2.45, 2.75) is 45.2 Å². The zero-order valence-corrected chi connectivity index (χ0v) is 14.6. The first-order valence-corrected chi connectivity index (χ1v) is 8.98. The van der Waals surface area contributed by atoms with E-state index in [0.717, 1.165) is 28.4 Å². The van der Waals surface area contributed by atoms with Crippen LogP contribution in [0.3, 0.4) is 0 Å². The van der Waals surface area contributed by atoms with Crippen molar-refractivity contribution in [3.05, 3.63) is 45.7 Å². The number of benzene rings is 1. The van der Waals surface area contributed by atoms with Gasteiger partial charge in [-0.25, -0.2) is 9.18 Å². The van der Waals surface area contributed by atoms with Crippen molar-refractivity contribution in [1.82, 2.24) is 20.4 Å². The third-order valence-electron chi connectivity index (χ3n) is 4.11. The van der Waals surface area contributed by atoms with Crippen molar-refractivity contribution in [2.24, 2.45) is 0 Å². The summed E-state index contributed by atoms with van der Waals surface area (Å²) in [5.41, 5.74) is 0.848. The van der Waals surface area contributed by atoms with Gasteiger partial charge in [0.25, 0.3) is 0 Å². The lowest BCUT2D eigenvalue weighted by Gasteiger charge is -2.25. The van der Waals surface area contributed by atoms with Gasteiger partial charge >= 0.3 is 6.03 Å². The van der Waals surface area contributed by atoms with Crippen LogP contribution in [-0.4, -0.2) is 27.7 Å². The maximum Gasteiger partial charge on any atom is 0.318 e. The van der Waals surface area contributed by atoms with Crippen LogP contribution in [0.2, 0.25) is 0 Å². The highest BCUT2D eigenvalue weighted by Crippen LogP contribution is 2.32. The molecule has 0 unspecified atom stereocenters. The van der Waals surface area contributed by atoms with Crippen LogP contribution in [0.5, 0.6) is 0 Å². The Morgan fingerprint density at radius 1 is 1.46 bits per heavy atom. The van der Waals surface area contributed by atoms with E-state index in [4.69, 9.17) is 0 Å². The summed E-state index contributed by atoms with van der Waals surface area (Å²) in [7, 11) is 0. The van der Waals surface area contributed by atoms with Crippen LogP contribution in [0.15, 0.2) is 24.3 Å². The summed E-state index contributed by atoms with van der Waals surface area (Å²) >= 11 is 1.52. The number of urea groups is 1. The average Bonchev–Trinajstić information content (AvgIpc) is 3.22. The number of rotatable bonds is 4. The van der Waals surface area contributed by atoms with Gasteiger partial charge in [0.2, 0.25) is 0 Å². The van der Waals surface area contributed by atoms with Gasteiger partial charge in [-0.1, -0.05) is 37.3 Å². The van der Waals surface area contributed by atoms with E-state index in [1.165, 1.54) is 23.5 Å². The fourth-order valence-corrected chi connectivity index (χ4v) is 3.68. The van der Waals surface area contributed by atoms with Gasteiger partial charge in [0, 0.05) is 12.5 Å². The first kappa shape index (κ1) is 16.8. The first-order chi connectivity index (χ1) is 11.5. The SMILES string of the molecule is CC(C)c1nnc(CNC(=O)N2CCC[C@H]2c2cccc(F)c2)s1. The van der Waals surface area contributed by atoms with E-state index in [2.05, 4.69) is 29.4 Å². The molecular formula is C17H21FN4OS. The van der Waals surface area contributed by atoms with Crippen LogP contribution < -0.4 is 5.32 Å². The minimum atomic E-state index is -0.269. The normalized spacial score (nSPS) is 17.5. The molecule has 1 aliphatic heterocycles. The number of carbonyl (C=O) groups is 1. The number of hydrogen-bond acceptors (Lipinski definition) is 4. The van der Waals surface area contributed by atoms with Crippen LogP contribution in [0.25, 0.3) is 0 Å². The van der Waals surface area contributed by atoms with Gasteiger partial charge in [-0.3, -0.25) is 0 Å². The lowest BCUT2D eigenvalue weighted by Crippen LogP contribution is -2.39. The Balaban J connectivity index is 1.63. The maximum absolute atomic E-state index is 13.5. The second-order valence-electron chi connectivity index (χ2n) is 6.25. The zero-order valence-electron chi connectivity index (χ0n) is 13.8. The highest BCUT2D eigenvalue weighted by Gasteiger charge is 2.30. The van der Waals surface area contributed by atoms with E-state index in [0.29, 0.717) is 19.0 Å². The van der Waals surface area contributed by atoms with Gasteiger partial charge < -0.3 is 10.2 Å². The monoisotopic (exact) mass is 348 g/mol. The van der Waals surface area contributed by atoms with E-state index < -0.39 is 0 Å². The van der Waals surface area contributed by atoms with E-state index in [1.54, 1.807) is 11.0 Å². The smallest absolute Gasteiger partial charge is 0.318 e. The molecule has 7 heteroatoms. The van der Waals surface area contributed by atoms with Crippen LogP contribution in [0.1, 0.15) is 54.2 Å². The van der Waals surface area contributed by atoms with Crippen molar-refractivity contribution in [3.8, 4) is 0 Å². The fraction of sp³-hybridized carbons (Fsp3) is 0.471. The molecule has 5 nitrogen and oxygen atoms in total. The van der Waals surface area contributed by atoms with Crippen LogP contribution in [-0.2, 0) is 6.54 Å². The largest absolute Gasteiger partial charge is 0.331 e. The molecular weight excluding hydrogens is 327 g/mol. The summed E-state index contributed by atoms with van der Waals surface area (Å²) in [4.78, 5) is 14.3. The number of carbonyl (C=O) groups excluding carboxylic acids is 1. The number of nitrogens with one attached hydrogen (secondary N) is 1. The molecule has 1 atom stereocenters. The number of hydrogen-bond donors (Lipinski definition) is 1. The second-order valence-corrected chi connectivity index (χ2v) is 7.35. The lowest BCUT2D eigenvalue weighted by atomic mass is 10.0. The lowest BCUT2D eigenvalue weighted by molar-refractivity contribution is 0.192. The Labute approximate surface area is 144 Å². The van der Waals surface area contributed by atoms with Crippen LogP contribution >= 0.6 is 11.3 Å². The first-order valence-electron chi connectivity index (χ1n) is 8.17. The summed E-state index contributed by atoms with van der Waals surface area (Å²) in [6, 6.07) is 6.29. The van der Waals surface area contributed by atoms with E-state index in [-0.39, 0.29) is 17.9 Å². The number of likely N-dealkylation sites (tertiary alicyclic amines) is 1. The van der Waals surface area contributed by atoms with Crippen LogP contribution in [0, 0.1) is 5.82 Å². The number of nitrogens with zero attached hydrogens (tertiary/aromatic N) is 3. The van der Waals surface area contributed by atoms with Gasteiger partial charge in [-0.2, -0.15) is 0 Å². The van der Waals surface area contributed by atoms with Crippen LogP contribution in [0.4, 0.5) is 9.18 Å². The zero-order chi connectivity index (χ0) is 17.1. The Bertz CT molecular complexity index is 718. The minimum absolute atomic E-state index is 0.0682. The second kappa shape index (κ2) is 7.25. The summed E-state index contributed by atoms with van der Waals surface area (Å²) in [5.74, 6) is 0.0673. The molecule has 1 saturated heterocycles. The number of amides is 2. The summed E-state index contributed by atoms with van der Waals surface area (Å²) in [6.45, 7) is 5.18. The van der Waals surface area contributed by atoms with Gasteiger partial charge in [-0.05, 0) is 30.5 Å². The molecule has 2 aromatic rings. The van der Waals surface area contributed by atoms with Crippen molar-refractivity contribution in [2.75, 3.05) is 6.54 Å². The maximum atomic E-state index is 13.5. The Morgan fingerprint density at radius 3 is 3.00 bits per heavy atom. The molecule has 3 rings (SSSR count). The molecule has 1 aromatic heterocycles. The van der Waals surface area contributed by atoms with E-state index >= 15 is 0 Å². The average molecular weight is 348 g/mol. The number of aromatic nitrogens is 2. The predicted octanol–water partition coefficient (Wildman–Crippen LogP) is 3.85.